The Hall–Kier alpha value is -0.220. The van der Waals surface area contributed by atoms with E-state index < -0.39 is 0 Å². The number of carbonyl (C=O) groups excluding carboxylic acids is 1. The van der Waals surface area contributed by atoms with E-state index in [-0.39, 0.29) is 17.9 Å². The number of esters is 1. The van der Waals surface area contributed by atoms with Gasteiger partial charge in [-0.05, 0) is 36.3 Å². The first-order valence-electron chi connectivity index (χ1n) is 5.54. The average molecular weight is 231 g/mol. The minimum atomic E-state index is -0.152. The van der Waals surface area contributed by atoms with Gasteiger partial charge in [-0.15, -0.1) is 0 Å². The lowest BCUT2D eigenvalue weighted by atomic mass is 10.0. The maximum Gasteiger partial charge on any atom is 0.323 e. The molecule has 0 amide bonds. The topological polar surface area (TPSA) is 38.3 Å². The van der Waals surface area contributed by atoms with Crippen LogP contribution in [0.5, 0.6) is 0 Å². The molecule has 1 heterocycles. The lowest BCUT2D eigenvalue weighted by Crippen LogP contribution is -2.43. The van der Waals surface area contributed by atoms with Crippen molar-refractivity contribution in [3.05, 3.63) is 0 Å². The first kappa shape index (κ1) is 12.8. The van der Waals surface area contributed by atoms with Crippen LogP contribution in [0, 0.1) is 11.8 Å². The quantitative estimate of drug-likeness (QED) is 0.728. The Morgan fingerprint density at radius 3 is 2.80 bits per heavy atom. The van der Waals surface area contributed by atoms with E-state index in [2.05, 4.69) is 5.32 Å². The van der Waals surface area contributed by atoms with Crippen LogP contribution in [0.2, 0.25) is 0 Å². The summed E-state index contributed by atoms with van der Waals surface area (Å²) in [6.45, 7) is 5.01. The molecule has 1 N–H and O–H groups in total. The zero-order valence-corrected chi connectivity index (χ0v) is 10.6. The fourth-order valence-electron chi connectivity index (χ4n) is 1.76. The van der Waals surface area contributed by atoms with Crippen LogP contribution in [0.15, 0.2) is 0 Å². The number of hydrogen-bond donors (Lipinski definition) is 1. The van der Waals surface area contributed by atoms with Crippen molar-refractivity contribution in [1.82, 2.24) is 5.32 Å². The van der Waals surface area contributed by atoms with Crippen molar-refractivity contribution in [1.29, 1.82) is 0 Å². The summed E-state index contributed by atoms with van der Waals surface area (Å²) < 4.78 is 4.78. The van der Waals surface area contributed by atoms with Gasteiger partial charge in [0.1, 0.15) is 6.04 Å². The molecule has 0 spiro atoms. The van der Waals surface area contributed by atoms with E-state index >= 15 is 0 Å². The van der Waals surface area contributed by atoms with E-state index in [1.54, 1.807) is 0 Å². The van der Waals surface area contributed by atoms with Gasteiger partial charge in [-0.2, -0.15) is 11.8 Å². The van der Waals surface area contributed by atoms with Crippen molar-refractivity contribution in [3.8, 4) is 0 Å². The summed E-state index contributed by atoms with van der Waals surface area (Å²) in [5, 5.41) is 3.32. The zero-order valence-electron chi connectivity index (χ0n) is 9.79. The Morgan fingerprint density at radius 1 is 1.60 bits per heavy atom. The minimum Gasteiger partial charge on any atom is -0.468 e. The van der Waals surface area contributed by atoms with E-state index in [1.807, 2.05) is 25.6 Å². The van der Waals surface area contributed by atoms with Gasteiger partial charge in [0.25, 0.3) is 0 Å². The minimum absolute atomic E-state index is 0.143. The Kier molecular flexibility index (Phi) is 5.47. The lowest BCUT2D eigenvalue weighted by Gasteiger charge is -2.21. The second kappa shape index (κ2) is 6.38. The predicted octanol–water partition coefficient (Wildman–Crippen LogP) is 1.53. The summed E-state index contributed by atoms with van der Waals surface area (Å²) in [5.41, 5.74) is 0. The molecule has 0 radical (unpaired) electrons. The van der Waals surface area contributed by atoms with Crippen molar-refractivity contribution in [2.24, 2.45) is 11.8 Å². The number of ether oxygens (including phenoxy) is 1. The second-order valence-corrected chi connectivity index (χ2v) is 5.53. The third kappa shape index (κ3) is 4.03. The highest BCUT2D eigenvalue weighted by molar-refractivity contribution is 7.99. The van der Waals surface area contributed by atoms with Gasteiger partial charge in [-0.3, -0.25) is 4.79 Å². The second-order valence-electron chi connectivity index (χ2n) is 4.38. The molecule has 0 saturated carbocycles. The van der Waals surface area contributed by atoms with E-state index in [1.165, 1.54) is 25.0 Å². The maximum absolute atomic E-state index is 11.5. The molecular weight excluding hydrogens is 210 g/mol. The Labute approximate surface area is 96.3 Å². The molecule has 1 rings (SSSR count). The maximum atomic E-state index is 11.5. The first-order valence-corrected chi connectivity index (χ1v) is 6.69. The molecule has 0 aromatic carbocycles. The molecule has 3 nitrogen and oxygen atoms in total. The first-order chi connectivity index (χ1) is 7.15. The molecule has 1 fully saturated rings. The highest BCUT2D eigenvalue weighted by atomic mass is 32.2. The van der Waals surface area contributed by atoms with Gasteiger partial charge in [0.2, 0.25) is 0 Å². The molecule has 1 aliphatic rings. The molecule has 88 valence electrons. The molecule has 0 aromatic heterocycles. The molecule has 1 unspecified atom stereocenters. The molecule has 0 bridgehead atoms. The van der Waals surface area contributed by atoms with Crippen molar-refractivity contribution in [2.45, 2.75) is 26.3 Å². The molecular formula is C11H21NO2S. The summed E-state index contributed by atoms with van der Waals surface area (Å²) in [6.07, 6.45) is 1.27. The highest BCUT2D eigenvalue weighted by Gasteiger charge is 2.24. The normalized spacial score (nSPS) is 23.1. The average Bonchev–Trinajstić information content (AvgIpc) is 2.70. The van der Waals surface area contributed by atoms with Crippen LogP contribution in [-0.4, -0.2) is 37.2 Å². The molecule has 1 aliphatic heterocycles. The number of thioether (sulfide) groups is 1. The summed E-state index contributed by atoms with van der Waals surface area (Å²) >= 11 is 2.00. The third-order valence-electron chi connectivity index (χ3n) is 2.77. The smallest absolute Gasteiger partial charge is 0.323 e. The van der Waals surface area contributed by atoms with E-state index in [0.717, 1.165) is 12.5 Å². The Balaban J connectivity index is 2.33. The highest BCUT2D eigenvalue weighted by Crippen LogP contribution is 2.22. The number of carbonyl (C=O) groups is 1. The van der Waals surface area contributed by atoms with E-state index in [9.17, 15) is 4.79 Å². The van der Waals surface area contributed by atoms with Crippen LogP contribution in [-0.2, 0) is 9.53 Å². The van der Waals surface area contributed by atoms with Gasteiger partial charge in [0, 0.05) is 0 Å². The SMILES string of the molecule is COC(=O)[C@@H](NCC1CCSC1)C(C)C. The van der Waals surface area contributed by atoms with Gasteiger partial charge in [0.05, 0.1) is 7.11 Å². The molecule has 4 heteroatoms. The van der Waals surface area contributed by atoms with Gasteiger partial charge < -0.3 is 10.1 Å². The van der Waals surface area contributed by atoms with Gasteiger partial charge in [0.15, 0.2) is 0 Å². The lowest BCUT2D eigenvalue weighted by molar-refractivity contribution is -0.144. The molecule has 15 heavy (non-hydrogen) atoms. The summed E-state index contributed by atoms with van der Waals surface area (Å²) in [7, 11) is 1.45. The van der Waals surface area contributed by atoms with Crippen LogP contribution in [0.4, 0.5) is 0 Å². The predicted molar refractivity (Wildman–Crippen MR) is 64.1 cm³/mol. The molecule has 1 saturated heterocycles. The summed E-state index contributed by atoms with van der Waals surface area (Å²) in [4.78, 5) is 11.5. The Morgan fingerprint density at radius 2 is 2.33 bits per heavy atom. The standard InChI is InChI=1S/C11H21NO2S/c1-8(2)10(11(13)14-3)12-6-9-4-5-15-7-9/h8-10,12H,4-7H2,1-3H3/t9?,10-/m0/s1. The van der Waals surface area contributed by atoms with E-state index in [4.69, 9.17) is 4.74 Å². The summed E-state index contributed by atoms with van der Waals surface area (Å²) in [5.74, 6) is 3.35. The molecule has 0 aromatic rings. The fourth-order valence-corrected chi connectivity index (χ4v) is 3.04. The number of nitrogens with one attached hydrogen (secondary N) is 1. The third-order valence-corrected chi connectivity index (χ3v) is 4.00. The van der Waals surface area contributed by atoms with Crippen LogP contribution in [0.25, 0.3) is 0 Å². The number of methoxy groups -OCH3 is 1. The van der Waals surface area contributed by atoms with Crippen LogP contribution in [0.3, 0.4) is 0 Å². The van der Waals surface area contributed by atoms with Crippen molar-refractivity contribution >= 4 is 17.7 Å². The van der Waals surface area contributed by atoms with Crippen molar-refractivity contribution < 1.29 is 9.53 Å². The molecule has 2 atom stereocenters. The monoisotopic (exact) mass is 231 g/mol. The molecule has 0 aliphatic carbocycles. The van der Waals surface area contributed by atoms with Crippen molar-refractivity contribution in [3.63, 3.8) is 0 Å². The van der Waals surface area contributed by atoms with Gasteiger partial charge in [-0.1, -0.05) is 13.8 Å². The van der Waals surface area contributed by atoms with Crippen molar-refractivity contribution in [2.75, 3.05) is 25.2 Å². The summed E-state index contributed by atoms with van der Waals surface area (Å²) in [6, 6.07) is -0.152. The largest absolute Gasteiger partial charge is 0.468 e. The fraction of sp³-hybridized carbons (Fsp3) is 0.909. The van der Waals surface area contributed by atoms with Crippen LogP contribution < -0.4 is 5.32 Å². The van der Waals surface area contributed by atoms with Gasteiger partial charge in [-0.25, -0.2) is 0 Å². The Bertz CT molecular complexity index is 203. The van der Waals surface area contributed by atoms with E-state index in [0.29, 0.717) is 0 Å². The zero-order chi connectivity index (χ0) is 11.3. The number of rotatable bonds is 5. The van der Waals surface area contributed by atoms with Crippen LogP contribution >= 0.6 is 11.8 Å². The van der Waals surface area contributed by atoms with Gasteiger partial charge >= 0.3 is 5.97 Å². The van der Waals surface area contributed by atoms with Crippen LogP contribution in [0.1, 0.15) is 20.3 Å². The number of hydrogen-bond acceptors (Lipinski definition) is 4.